The van der Waals surface area contributed by atoms with E-state index >= 15 is 0 Å². The van der Waals surface area contributed by atoms with Crippen LogP contribution in [0.15, 0.2) is 24.3 Å². The van der Waals surface area contributed by atoms with Crippen LogP contribution in [0.4, 0.5) is 0 Å². The molecular formula is C20H29ClN2O+2. The molecule has 0 amide bonds. The second-order valence-corrected chi connectivity index (χ2v) is 9.34. The molecule has 5 rings (SSSR count). The highest BCUT2D eigenvalue weighted by molar-refractivity contribution is 6.31. The van der Waals surface area contributed by atoms with Gasteiger partial charge in [-0.3, -0.25) is 14.6 Å². The fourth-order valence-corrected chi connectivity index (χ4v) is 6.12. The van der Waals surface area contributed by atoms with Gasteiger partial charge in [0, 0.05) is 0 Å². The van der Waals surface area contributed by atoms with E-state index in [4.69, 9.17) is 11.6 Å². The molecule has 0 unspecified atom stereocenters. The molecule has 4 heteroatoms. The van der Waals surface area contributed by atoms with Gasteiger partial charge in [0.05, 0.1) is 10.6 Å². The Morgan fingerprint density at radius 1 is 0.958 bits per heavy atom. The van der Waals surface area contributed by atoms with E-state index in [1.165, 1.54) is 5.56 Å². The minimum absolute atomic E-state index is 0.150. The number of hydrogen-bond acceptors (Lipinski definition) is 1. The topological polar surface area (TPSA) is 26.0 Å². The molecule has 1 aromatic rings. The normalized spacial score (nSPS) is 40.8. The molecule has 0 saturated carbocycles. The van der Waals surface area contributed by atoms with Crippen molar-refractivity contribution in [3.05, 3.63) is 34.9 Å². The quantitative estimate of drug-likeness (QED) is 0.837. The molecule has 0 spiro atoms. The van der Waals surface area contributed by atoms with Gasteiger partial charge in [0.2, 0.25) is 6.17 Å². The SMILES string of the molecule is CC(C)C12C[NH+]3CC(C(C)C)(C[NH+](C1)C3c1ccccc1Cl)C2=O. The first-order valence-corrected chi connectivity index (χ1v) is 9.68. The standard InChI is InChI=1S/C20H27ClN2O/c1-13(2)19-9-22-11-20(14(3)4,18(19)24)12-23(10-19)17(22)15-7-5-6-8-16(15)21/h5-8,13-14,17H,9-12H2,1-4H3/p+2. The molecule has 4 bridgehead atoms. The molecule has 3 nitrogen and oxygen atoms in total. The Kier molecular flexibility index (Phi) is 3.66. The fourth-order valence-electron chi connectivity index (χ4n) is 5.87. The zero-order chi connectivity index (χ0) is 17.3. The van der Waals surface area contributed by atoms with Gasteiger partial charge in [0.25, 0.3) is 0 Å². The van der Waals surface area contributed by atoms with Crippen LogP contribution in [0.5, 0.6) is 0 Å². The van der Waals surface area contributed by atoms with Crippen LogP contribution in [-0.4, -0.2) is 32.0 Å². The fraction of sp³-hybridized carbons (Fsp3) is 0.650. The number of hydrogen-bond donors (Lipinski definition) is 2. The molecule has 24 heavy (non-hydrogen) atoms. The molecule has 4 aliphatic rings. The van der Waals surface area contributed by atoms with Gasteiger partial charge >= 0.3 is 0 Å². The van der Waals surface area contributed by atoms with Crippen molar-refractivity contribution in [2.24, 2.45) is 22.7 Å². The van der Waals surface area contributed by atoms with Crippen molar-refractivity contribution in [2.75, 3.05) is 26.2 Å². The van der Waals surface area contributed by atoms with E-state index in [9.17, 15) is 4.79 Å². The molecule has 0 aromatic heterocycles. The molecule has 4 saturated heterocycles. The maximum Gasteiger partial charge on any atom is 0.241 e. The van der Waals surface area contributed by atoms with Crippen LogP contribution >= 0.6 is 11.6 Å². The van der Waals surface area contributed by atoms with Crippen LogP contribution in [-0.2, 0) is 4.79 Å². The summed E-state index contributed by atoms with van der Waals surface area (Å²) in [7, 11) is 0. The molecule has 4 heterocycles. The minimum Gasteiger partial charge on any atom is -0.297 e. The summed E-state index contributed by atoms with van der Waals surface area (Å²) in [4.78, 5) is 16.7. The number of benzene rings is 1. The van der Waals surface area contributed by atoms with E-state index in [2.05, 4.69) is 39.8 Å². The molecule has 130 valence electrons. The smallest absolute Gasteiger partial charge is 0.241 e. The van der Waals surface area contributed by atoms with Crippen molar-refractivity contribution in [1.82, 2.24) is 0 Å². The largest absolute Gasteiger partial charge is 0.297 e. The van der Waals surface area contributed by atoms with Crippen molar-refractivity contribution in [1.29, 1.82) is 0 Å². The summed E-state index contributed by atoms with van der Waals surface area (Å²) < 4.78 is 0. The van der Waals surface area contributed by atoms with Crippen LogP contribution in [0.3, 0.4) is 0 Å². The van der Waals surface area contributed by atoms with Gasteiger partial charge in [0.15, 0.2) is 5.78 Å². The Labute approximate surface area is 150 Å². The lowest BCUT2D eigenvalue weighted by Gasteiger charge is -2.62. The Hall–Kier alpha value is -0.900. The van der Waals surface area contributed by atoms with Gasteiger partial charge in [0.1, 0.15) is 37.0 Å². The van der Waals surface area contributed by atoms with Crippen molar-refractivity contribution in [2.45, 2.75) is 33.9 Å². The first kappa shape index (κ1) is 16.6. The molecular weight excluding hydrogens is 320 g/mol. The van der Waals surface area contributed by atoms with E-state index in [-0.39, 0.29) is 10.8 Å². The number of ketones is 1. The van der Waals surface area contributed by atoms with Gasteiger partial charge in [-0.05, 0) is 24.0 Å². The molecule has 0 aliphatic carbocycles. The number of nitrogens with one attached hydrogen (secondary N) is 2. The number of piperidine rings is 2. The van der Waals surface area contributed by atoms with Crippen molar-refractivity contribution in [3.63, 3.8) is 0 Å². The summed E-state index contributed by atoms with van der Waals surface area (Å²) in [5.74, 6) is 1.37. The van der Waals surface area contributed by atoms with Crippen LogP contribution in [0, 0.1) is 22.7 Å². The van der Waals surface area contributed by atoms with Crippen LogP contribution in [0.2, 0.25) is 5.02 Å². The van der Waals surface area contributed by atoms with E-state index in [0.717, 1.165) is 31.2 Å². The number of carbonyl (C=O) groups is 1. The predicted molar refractivity (Wildman–Crippen MR) is 95.1 cm³/mol. The summed E-state index contributed by atoms with van der Waals surface area (Å²) in [6.07, 6.45) is 0.380. The number of halogens is 1. The van der Waals surface area contributed by atoms with Gasteiger partial charge in [-0.25, -0.2) is 0 Å². The summed E-state index contributed by atoms with van der Waals surface area (Å²) in [6, 6.07) is 8.28. The maximum atomic E-state index is 13.6. The van der Waals surface area contributed by atoms with Gasteiger partial charge in [-0.15, -0.1) is 0 Å². The Morgan fingerprint density at radius 3 is 1.83 bits per heavy atom. The Balaban J connectivity index is 1.81. The Bertz CT molecular complexity index is 638. The molecule has 0 atom stereocenters. The number of Topliss-reactive ketones (excluding diaryl/α,β-unsaturated/α-hetero) is 1. The first-order chi connectivity index (χ1) is 11.3. The van der Waals surface area contributed by atoms with Crippen molar-refractivity contribution < 1.29 is 14.6 Å². The highest BCUT2D eigenvalue weighted by Gasteiger charge is 2.73. The average molecular weight is 349 g/mol. The summed E-state index contributed by atoms with van der Waals surface area (Å²) in [5, 5.41) is 0.874. The summed E-state index contributed by atoms with van der Waals surface area (Å²) in [6.45, 7) is 12.8. The highest BCUT2D eigenvalue weighted by Crippen LogP contribution is 2.45. The third kappa shape index (κ3) is 1.95. The lowest BCUT2D eigenvalue weighted by molar-refractivity contribution is -1.18. The van der Waals surface area contributed by atoms with Gasteiger partial charge in [-0.1, -0.05) is 51.4 Å². The lowest BCUT2D eigenvalue weighted by atomic mass is 9.53. The van der Waals surface area contributed by atoms with Crippen LogP contribution < -0.4 is 9.80 Å². The Morgan fingerprint density at radius 2 is 1.42 bits per heavy atom. The monoisotopic (exact) mass is 348 g/mol. The number of quaternary nitrogens is 2. The first-order valence-electron chi connectivity index (χ1n) is 9.30. The highest BCUT2D eigenvalue weighted by atomic mass is 35.5. The third-order valence-electron chi connectivity index (χ3n) is 7.32. The molecule has 4 fully saturated rings. The van der Waals surface area contributed by atoms with E-state index < -0.39 is 0 Å². The number of carbonyl (C=O) groups excluding carboxylic acids is 1. The van der Waals surface area contributed by atoms with Crippen molar-refractivity contribution in [3.8, 4) is 0 Å². The second-order valence-electron chi connectivity index (χ2n) is 8.93. The third-order valence-corrected chi connectivity index (χ3v) is 7.66. The average Bonchev–Trinajstić information content (AvgIpc) is 2.52. The molecule has 2 N–H and O–H groups in total. The van der Waals surface area contributed by atoms with E-state index in [0.29, 0.717) is 23.8 Å². The van der Waals surface area contributed by atoms with Crippen molar-refractivity contribution >= 4 is 17.4 Å². The van der Waals surface area contributed by atoms with Crippen LogP contribution in [0.25, 0.3) is 0 Å². The van der Waals surface area contributed by atoms with Gasteiger partial charge < -0.3 is 0 Å². The molecule has 4 aliphatic heterocycles. The van der Waals surface area contributed by atoms with E-state index in [1.807, 2.05) is 12.1 Å². The van der Waals surface area contributed by atoms with E-state index in [1.54, 1.807) is 9.80 Å². The lowest BCUT2D eigenvalue weighted by Crippen LogP contribution is -3.41. The predicted octanol–water partition coefficient (Wildman–Crippen LogP) is 1.00. The summed E-state index contributed by atoms with van der Waals surface area (Å²) >= 11 is 6.55. The number of rotatable bonds is 3. The second kappa shape index (κ2) is 5.30. The molecule has 1 aromatic carbocycles. The molecule has 0 radical (unpaired) electrons. The summed E-state index contributed by atoms with van der Waals surface area (Å²) in [5.41, 5.74) is 0.958. The van der Waals surface area contributed by atoms with Gasteiger partial charge in [-0.2, -0.15) is 0 Å². The zero-order valence-electron chi connectivity index (χ0n) is 15.2. The maximum absolute atomic E-state index is 13.6. The van der Waals surface area contributed by atoms with Crippen LogP contribution in [0.1, 0.15) is 39.4 Å². The zero-order valence-corrected chi connectivity index (χ0v) is 15.9. The minimum atomic E-state index is -0.150.